The van der Waals surface area contributed by atoms with Crippen molar-refractivity contribution in [1.82, 2.24) is 16.0 Å². The van der Waals surface area contributed by atoms with Crippen LogP contribution in [0.4, 0.5) is 9.18 Å². The fourth-order valence-corrected chi connectivity index (χ4v) is 3.49. The largest absolute Gasteiger partial charge is 0.351 e. The fourth-order valence-electron chi connectivity index (χ4n) is 3.49. The second-order valence-electron chi connectivity index (χ2n) is 7.32. The van der Waals surface area contributed by atoms with Gasteiger partial charge in [-0.25, -0.2) is 9.18 Å². The summed E-state index contributed by atoms with van der Waals surface area (Å²) in [6.07, 6.45) is 0. The zero-order valence-electron chi connectivity index (χ0n) is 17.3. The Morgan fingerprint density at radius 2 is 1.35 bits per heavy atom. The average Bonchev–Trinajstić information content (AvgIpc) is 2.79. The summed E-state index contributed by atoms with van der Waals surface area (Å²) in [6.45, 7) is 2.06. The number of amides is 3. The van der Waals surface area contributed by atoms with Gasteiger partial charge in [-0.2, -0.15) is 0 Å². The fraction of sp³-hybridized carbons (Fsp3) is 0.200. The van der Waals surface area contributed by atoms with Gasteiger partial charge in [0.05, 0.1) is 6.54 Å². The van der Waals surface area contributed by atoms with Gasteiger partial charge in [-0.3, -0.25) is 4.79 Å². The highest BCUT2D eigenvalue weighted by Crippen LogP contribution is 2.27. The molecular weight excluding hydrogens is 393 g/mol. The zero-order valence-corrected chi connectivity index (χ0v) is 17.3. The summed E-state index contributed by atoms with van der Waals surface area (Å²) >= 11 is 0. The minimum absolute atomic E-state index is 0.0151. The van der Waals surface area contributed by atoms with Crippen molar-refractivity contribution in [2.24, 2.45) is 0 Å². The van der Waals surface area contributed by atoms with Gasteiger partial charge in [-0.15, -0.1) is 0 Å². The van der Waals surface area contributed by atoms with Gasteiger partial charge >= 0.3 is 6.03 Å². The van der Waals surface area contributed by atoms with Crippen molar-refractivity contribution in [2.75, 3.05) is 6.54 Å². The summed E-state index contributed by atoms with van der Waals surface area (Å²) in [7, 11) is 0. The number of carbonyl (C=O) groups is 2. The predicted octanol–water partition coefficient (Wildman–Crippen LogP) is 3.96. The van der Waals surface area contributed by atoms with Crippen molar-refractivity contribution >= 4 is 11.9 Å². The van der Waals surface area contributed by atoms with Gasteiger partial charge in [-0.05, 0) is 35.7 Å². The lowest BCUT2D eigenvalue weighted by molar-refractivity contribution is -0.120. The first-order valence-corrected chi connectivity index (χ1v) is 10.2. The van der Waals surface area contributed by atoms with Crippen LogP contribution in [0.25, 0.3) is 0 Å². The second-order valence-corrected chi connectivity index (χ2v) is 7.32. The number of benzene rings is 3. The second kappa shape index (κ2) is 10.9. The summed E-state index contributed by atoms with van der Waals surface area (Å²) < 4.78 is 12.9. The topological polar surface area (TPSA) is 70.2 Å². The SMILES string of the molecule is CC(NC(=O)CNC(=O)NCc1ccc(F)cc1)C(c1ccccc1)c1ccccc1. The molecule has 3 rings (SSSR count). The van der Waals surface area contributed by atoms with Gasteiger partial charge in [0, 0.05) is 18.5 Å². The Bertz CT molecular complexity index is 939. The van der Waals surface area contributed by atoms with Crippen molar-refractivity contribution < 1.29 is 14.0 Å². The quantitative estimate of drug-likeness (QED) is 0.517. The molecule has 0 aromatic heterocycles. The summed E-state index contributed by atoms with van der Waals surface area (Å²) in [6, 6.07) is 25.2. The van der Waals surface area contributed by atoms with E-state index in [1.165, 1.54) is 12.1 Å². The molecule has 0 heterocycles. The molecule has 1 atom stereocenters. The van der Waals surface area contributed by atoms with Crippen LogP contribution in [-0.2, 0) is 11.3 Å². The molecule has 1 unspecified atom stereocenters. The standard InChI is InChI=1S/C25H26FN3O2/c1-18(24(20-8-4-2-5-9-20)21-10-6-3-7-11-21)29-23(30)17-28-25(31)27-16-19-12-14-22(26)15-13-19/h2-15,18,24H,16-17H2,1H3,(H,29,30)(H2,27,28,31). The average molecular weight is 420 g/mol. The third-order valence-electron chi connectivity index (χ3n) is 4.98. The third kappa shape index (κ3) is 6.67. The molecule has 0 aliphatic rings. The normalized spacial score (nSPS) is 11.6. The van der Waals surface area contributed by atoms with Crippen LogP contribution in [0.3, 0.4) is 0 Å². The Labute approximate surface area is 181 Å². The van der Waals surface area contributed by atoms with Gasteiger partial charge in [0.1, 0.15) is 5.82 Å². The number of nitrogens with one attached hydrogen (secondary N) is 3. The number of urea groups is 1. The lowest BCUT2D eigenvalue weighted by Gasteiger charge is -2.26. The molecule has 31 heavy (non-hydrogen) atoms. The molecule has 0 spiro atoms. The lowest BCUT2D eigenvalue weighted by Crippen LogP contribution is -2.45. The van der Waals surface area contributed by atoms with E-state index in [-0.39, 0.29) is 36.8 Å². The minimum Gasteiger partial charge on any atom is -0.351 e. The van der Waals surface area contributed by atoms with E-state index in [4.69, 9.17) is 0 Å². The maximum atomic E-state index is 12.9. The number of hydrogen-bond acceptors (Lipinski definition) is 2. The van der Waals surface area contributed by atoms with Crippen molar-refractivity contribution in [3.8, 4) is 0 Å². The molecule has 0 fully saturated rings. The van der Waals surface area contributed by atoms with E-state index < -0.39 is 6.03 Å². The number of halogens is 1. The van der Waals surface area contributed by atoms with E-state index in [1.54, 1.807) is 12.1 Å². The monoisotopic (exact) mass is 419 g/mol. The molecule has 0 saturated carbocycles. The van der Waals surface area contributed by atoms with Crippen molar-refractivity contribution in [2.45, 2.75) is 25.4 Å². The Morgan fingerprint density at radius 3 is 1.90 bits per heavy atom. The molecule has 160 valence electrons. The number of hydrogen-bond donors (Lipinski definition) is 3. The summed E-state index contributed by atoms with van der Waals surface area (Å²) in [5.41, 5.74) is 2.97. The zero-order chi connectivity index (χ0) is 22.1. The van der Waals surface area contributed by atoms with E-state index in [9.17, 15) is 14.0 Å². The molecule has 3 N–H and O–H groups in total. The Hall–Kier alpha value is -3.67. The molecule has 3 aromatic carbocycles. The van der Waals surface area contributed by atoms with Crippen LogP contribution >= 0.6 is 0 Å². The first kappa shape index (κ1) is 22.0. The molecule has 3 aromatic rings. The van der Waals surface area contributed by atoms with Crippen LogP contribution in [0, 0.1) is 5.82 Å². The highest BCUT2D eigenvalue weighted by molar-refractivity contribution is 5.84. The molecule has 0 aliphatic carbocycles. The van der Waals surface area contributed by atoms with Crippen LogP contribution in [0.5, 0.6) is 0 Å². The minimum atomic E-state index is -0.463. The van der Waals surface area contributed by atoms with E-state index >= 15 is 0 Å². The van der Waals surface area contributed by atoms with Crippen molar-refractivity contribution in [1.29, 1.82) is 0 Å². The van der Waals surface area contributed by atoms with Gasteiger partial charge in [0.15, 0.2) is 0 Å². The lowest BCUT2D eigenvalue weighted by atomic mass is 9.86. The smallest absolute Gasteiger partial charge is 0.315 e. The van der Waals surface area contributed by atoms with Crippen LogP contribution in [0.1, 0.15) is 29.5 Å². The van der Waals surface area contributed by atoms with Crippen LogP contribution in [0.15, 0.2) is 84.9 Å². The molecule has 5 nitrogen and oxygen atoms in total. The van der Waals surface area contributed by atoms with Gasteiger partial charge in [-0.1, -0.05) is 72.8 Å². The van der Waals surface area contributed by atoms with Crippen molar-refractivity contribution in [3.63, 3.8) is 0 Å². The van der Waals surface area contributed by atoms with Gasteiger partial charge in [0.25, 0.3) is 0 Å². The van der Waals surface area contributed by atoms with E-state index in [1.807, 2.05) is 67.6 Å². The highest BCUT2D eigenvalue weighted by atomic mass is 19.1. The molecule has 0 bridgehead atoms. The van der Waals surface area contributed by atoms with Crippen LogP contribution in [0.2, 0.25) is 0 Å². The Balaban J connectivity index is 1.53. The van der Waals surface area contributed by atoms with E-state index in [0.717, 1.165) is 16.7 Å². The van der Waals surface area contributed by atoms with Crippen LogP contribution in [-0.4, -0.2) is 24.5 Å². The number of rotatable bonds is 8. The van der Waals surface area contributed by atoms with Gasteiger partial charge < -0.3 is 16.0 Å². The first-order chi connectivity index (χ1) is 15.0. The van der Waals surface area contributed by atoms with Gasteiger partial charge in [0.2, 0.25) is 5.91 Å². The summed E-state index contributed by atoms with van der Waals surface area (Å²) in [4.78, 5) is 24.4. The van der Waals surface area contributed by atoms with E-state index in [2.05, 4.69) is 16.0 Å². The molecule has 0 aliphatic heterocycles. The molecular formula is C25H26FN3O2. The molecule has 3 amide bonds. The maximum absolute atomic E-state index is 12.9. The maximum Gasteiger partial charge on any atom is 0.315 e. The summed E-state index contributed by atoms with van der Waals surface area (Å²) in [5.74, 6) is -0.622. The van der Waals surface area contributed by atoms with Crippen molar-refractivity contribution in [3.05, 3.63) is 107 Å². The first-order valence-electron chi connectivity index (χ1n) is 10.2. The highest BCUT2D eigenvalue weighted by Gasteiger charge is 2.22. The Morgan fingerprint density at radius 1 is 0.806 bits per heavy atom. The summed E-state index contributed by atoms with van der Waals surface area (Å²) in [5, 5.41) is 8.19. The van der Waals surface area contributed by atoms with Crippen LogP contribution < -0.4 is 16.0 Å². The predicted molar refractivity (Wildman–Crippen MR) is 119 cm³/mol. The number of carbonyl (C=O) groups excluding carboxylic acids is 2. The molecule has 0 saturated heterocycles. The molecule has 6 heteroatoms. The molecule has 0 radical (unpaired) electrons. The van der Waals surface area contributed by atoms with E-state index in [0.29, 0.717) is 0 Å². The third-order valence-corrected chi connectivity index (χ3v) is 4.98. The Kier molecular flexibility index (Phi) is 7.76.